The first-order valence-electron chi connectivity index (χ1n) is 8.38. The highest BCUT2D eigenvalue weighted by Crippen LogP contribution is 2.35. The lowest BCUT2D eigenvalue weighted by Crippen LogP contribution is -1.92. The second-order valence-electron chi connectivity index (χ2n) is 6.19. The molecule has 4 aromatic rings. The van der Waals surface area contributed by atoms with Crippen LogP contribution in [0.2, 0.25) is 0 Å². The van der Waals surface area contributed by atoms with E-state index in [0.717, 1.165) is 22.5 Å². The van der Waals surface area contributed by atoms with Gasteiger partial charge in [-0.3, -0.25) is 5.10 Å². The Morgan fingerprint density at radius 1 is 0.680 bits per heavy atom. The Labute approximate surface area is 147 Å². The Morgan fingerprint density at radius 3 is 2.16 bits per heavy atom. The van der Waals surface area contributed by atoms with Crippen LogP contribution in [0.25, 0.3) is 33.6 Å². The van der Waals surface area contributed by atoms with E-state index in [1.54, 1.807) is 0 Å². The first kappa shape index (κ1) is 15.3. The molecule has 25 heavy (non-hydrogen) atoms. The highest BCUT2D eigenvalue weighted by Gasteiger charge is 2.16. The van der Waals surface area contributed by atoms with Crippen LogP contribution in [-0.2, 0) is 0 Å². The lowest BCUT2D eigenvalue weighted by atomic mass is 9.91. The first-order valence-corrected chi connectivity index (χ1v) is 8.38. The normalized spacial score (nSPS) is 10.8. The maximum absolute atomic E-state index is 4.32. The summed E-state index contributed by atoms with van der Waals surface area (Å²) in [6.45, 7) is 4.31. The molecule has 3 aromatic carbocycles. The molecule has 3 nitrogen and oxygen atoms in total. The number of hydrogen-bond donors (Lipinski definition) is 1. The molecule has 0 bridgehead atoms. The van der Waals surface area contributed by atoms with Crippen molar-refractivity contribution in [2.75, 3.05) is 0 Å². The predicted octanol–water partition coefficient (Wildman–Crippen LogP) is 5.42. The van der Waals surface area contributed by atoms with Gasteiger partial charge in [0.15, 0.2) is 0 Å². The molecule has 0 spiro atoms. The molecule has 1 aromatic heterocycles. The number of aromatic amines is 1. The van der Waals surface area contributed by atoms with Gasteiger partial charge in [-0.2, -0.15) is 0 Å². The van der Waals surface area contributed by atoms with Gasteiger partial charge in [-0.1, -0.05) is 78.0 Å². The Kier molecular flexibility index (Phi) is 3.90. The summed E-state index contributed by atoms with van der Waals surface area (Å²) in [6, 6.07) is 25.0. The SMILES string of the molecule is Cc1ccccc1-c1cccc(-c2[nH]nnc2-c2ccccc2)c1C. The molecule has 0 saturated carbocycles. The molecule has 0 unspecified atom stereocenters. The van der Waals surface area contributed by atoms with E-state index in [1.807, 2.05) is 18.2 Å². The van der Waals surface area contributed by atoms with Crippen molar-refractivity contribution in [2.45, 2.75) is 13.8 Å². The highest BCUT2D eigenvalue weighted by atomic mass is 15.3. The summed E-state index contributed by atoms with van der Waals surface area (Å²) in [7, 11) is 0. The topological polar surface area (TPSA) is 41.6 Å². The Hall–Kier alpha value is -3.20. The van der Waals surface area contributed by atoms with E-state index in [0.29, 0.717) is 0 Å². The lowest BCUT2D eigenvalue weighted by molar-refractivity contribution is 0.944. The Morgan fingerprint density at radius 2 is 1.36 bits per heavy atom. The van der Waals surface area contributed by atoms with Crippen LogP contribution >= 0.6 is 0 Å². The molecule has 0 radical (unpaired) electrons. The average molecular weight is 325 g/mol. The summed E-state index contributed by atoms with van der Waals surface area (Å²) in [5.74, 6) is 0. The molecule has 122 valence electrons. The van der Waals surface area contributed by atoms with Gasteiger partial charge in [0.1, 0.15) is 5.69 Å². The first-order chi connectivity index (χ1) is 12.3. The molecule has 1 N–H and O–H groups in total. The highest BCUT2D eigenvalue weighted by molar-refractivity contribution is 5.84. The summed E-state index contributed by atoms with van der Waals surface area (Å²) < 4.78 is 0. The fraction of sp³-hybridized carbons (Fsp3) is 0.0909. The molecular formula is C22H19N3. The third kappa shape index (κ3) is 2.74. The third-order valence-electron chi connectivity index (χ3n) is 4.63. The maximum atomic E-state index is 4.32. The molecule has 0 fully saturated rings. The van der Waals surface area contributed by atoms with Crippen molar-refractivity contribution < 1.29 is 0 Å². The van der Waals surface area contributed by atoms with E-state index >= 15 is 0 Å². The van der Waals surface area contributed by atoms with Gasteiger partial charge in [0.2, 0.25) is 0 Å². The number of aryl methyl sites for hydroxylation is 1. The van der Waals surface area contributed by atoms with E-state index in [1.165, 1.54) is 22.3 Å². The van der Waals surface area contributed by atoms with Gasteiger partial charge in [0.05, 0.1) is 5.69 Å². The minimum Gasteiger partial charge on any atom is -0.257 e. The number of nitrogens with zero attached hydrogens (tertiary/aromatic N) is 2. The molecule has 0 aliphatic heterocycles. The van der Waals surface area contributed by atoms with Crippen molar-refractivity contribution >= 4 is 0 Å². The zero-order chi connectivity index (χ0) is 17.2. The van der Waals surface area contributed by atoms with Crippen LogP contribution in [0, 0.1) is 13.8 Å². The second-order valence-corrected chi connectivity index (χ2v) is 6.19. The van der Waals surface area contributed by atoms with Crippen molar-refractivity contribution in [2.24, 2.45) is 0 Å². The molecule has 0 aliphatic rings. The number of aromatic nitrogens is 3. The van der Waals surface area contributed by atoms with Crippen molar-refractivity contribution in [1.29, 1.82) is 0 Å². The van der Waals surface area contributed by atoms with Crippen LogP contribution in [0.15, 0.2) is 72.8 Å². The average Bonchev–Trinajstić information content (AvgIpc) is 3.13. The molecule has 3 heteroatoms. The second kappa shape index (κ2) is 6.36. The Balaban J connectivity index is 1.88. The summed E-state index contributed by atoms with van der Waals surface area (Å²) in [5, 5.41) is 11.5. The van der Waals surface area contributed by atoms with Crippen molar-refractivity contribution in [3.05, 3.63) is 83.9 Å². The van der Waals surface area contributed by atoms with Crippen LogP contribution in [-0.4, -0.2) is 15.4 Å². The van der Waals surface area contributed by atoms with Crippen LogP contribution < -0.4 is 0 Å². The van der Waals surface area contributed by atoms with E-state index in [2.05, 4.69) is 83.9 Å². The van der Waals surface area contributed by atoms with Crippen molar-refractivity contribution in [3.63, 3.8) is 0 Å². The van der Waals surface area contributed by atoms with E-state index in [4.69, 9.17) is 0 Å². The zero-order valence-corrected chi connectivity index (χ0v) is 14.3. The zero-order valence-electron chi connectivity index (χ0n) is 14.3. The largest absolute Gasteiger partial charge is 0.257 e. The molecule has 4 rings (SSSR count). The van der Waals surface area contributed by atoms with Crippen molar-refractivity contribution in [1.82, 2.24) is 15.4 Å². The third-order valence-corrected chi connectivity index (χ3v) is 4.63. The summed E-state index contributed by atoms with van der Waals surface area (Å²) >= 11 is 0. The summed E-state index contributed by atoms with van der Waals surface area (Å²) in [5.41, 5.74) is 9.02. The lowest BCUT2D eigenvalue weighted by Gasteiger charge is -2.13. The predicted molar refractivity (Wildman–Crippen MR) is 102 cm³/mol. The molecule has 0 saturated heterocycles. The Bertz CT molecular complexity index is 1020. The van der Waals surface area contributed by atoms with Gasteiger partial charge in [0, 0.05) is 11.1 Å². The standard InChI is InChI=1S/C22H19N3/c1-15-9-6-7-12-18(15)19-13-8-14-20(16(19)2)22-21(23-25-24-22)17-10-4-3-5-11-17/h3-14H,1-2H3,(H,23,24,25). The monoisotopic (exact) mass is 325 g/mol. The summed E-state index contributed by atoms with van der Waals surface area (Å²) in [4.78, 5) is 0. The number of benzene rings is 3. The van der Waals surface area contributed by atoms with Gasteiger partial charge < -0.3 is 0 Å². The van der Waals surface area contributed by atoms with Crippen LogP contribution in [0.1, 0.15) is 11.1 Å². The van der Waals surface area contributed by atoms with Crippen LogP contribution in [0.4, 0.5) is 0 Å². The maximum Gasteiger partial charge on any atom is 0.120 e. The number of hydrogen-bond acceptors (Lipinski definition) is 2. The quantitative estimate of drug-likeness (QED) is 0.546. The number of H-pyrrole nitrogens is 1. The van der Waals surface area contributed by atoms with Gasteiger partial charge in [-0.15, -0.1) is 5.10 Å². The fourth-order valence-electron chi connectivity index (χ4n) is 3.29. The molecule has 0 aliphatic carbocycles. The molecule has 0 amide bonds. The van der Waals surface area contributed by atoms with E-state index in [-0.39, 0.29) is 0 Å². The number of nitrogens with one attached hydrogen (secondary N) is 1. The summed E-state index contributed by atoms with van der Waals surface area (Å²) in [6.07, 6.45) is 0. The van der Waals surface area contributed by atoms with Gasteiger partial charge in [-0.05, 0) is 36.1 Å². The minimum absolute atomic E-state index is 0.880. The van der Waals surface area contributed by atoms with E-state index in [9.17, 15) is 0 Å². The molecule has 0 atom stereocenters. The minimum atomic E-state index is 0.880. The van der Waals surface area contributed by atoms with E-state index < -0.39 is 0 Å². The van der Waals surface area contributed by atoms with Crippen LogP contribution in [0.3, 0.4) is 0 Å². The van der Waals surface area contributed by atoms with Crippen molar-refractivity contribution in [3.8, 4) is 33.6 Å². The molecule has 1 heterocycles. The van der Waals surface area contributed by atoms with Gasteiger partial charge in [0.25, 0.3) is 0 Å². The van der Waals surface area contributed by atoms with Gasteiger partial charge in [-0.25, -0.2) is 0 Å². The number of rotatable bonds is 3. The molecular weight excluding hydrogens is 306 g/mol. The fourth-order valence-corrected chi connectivity index (χ4v) is 3.29. The van der Waals surface area contributed by atoms with Crippen LogP contribution in [0.5, 0.6) is 0 Å². The smallest absolute Gasteiger partial charge is 0.120 e. The van der Waals surface area contributed by atoms with Gasteiger partial charge >= 0.3 is 0 Å².